The zero-order chi connectivity index (χ0) is 14.2. The maximum atomic E-state index is 9.18. The quantitative estimate of drug-likeness (QED) is 0.598. The molecular weight excluding hydrogens is 250 g/mol. The van der Waals surface area contributed by atoms with E-state index in [2.05, 4.69) is 6.07 Å². The second-order valence-electron chi connectivity index (χ2n) is 4.06. The lowest BCUT2D eigenvalue weighted by Crippen LogP contribution is -2.07. The number of ether oxygens (including phenoxy) is 2. The molecule has 0 radical (unpaired) electrons. The van der Waals surface area contributed by atoms with Gasteiger partial charge in [-0.2, -0.15) is 5.26 Å². The number of hydrogen-bond donors (Lipinski definition) is 0. The Bertz CT molecular complexity index is 569. The predicted octanol–water partition coefficient (Wildman–Crippen LogP) is 4.29. The number of nitrogens with zero attached hydrogens (tertiary/aromatic N) is 1. The second-order valence-corrected chi connectivity index (χ2v) is 4.06. The molecule has 2 rings (SSSR count). The highest BCUT2D eigenvalue weighted by atomic mass is 16.7. The molecule has 0 aromatic heterocycles. The van der Waals surface area contributed by atoms with Crippen LogP contribution in [0.3, 0.4) is 0 Å². The lowest BCUT2D eigenvalue weighted by atomic mass is 10.2. The van der Waals surface area contributed by atoms with Crippen molar-refractivity contribution in [1.29, 1.82) is 5.26 Å². The minimum atomic E-state index is 0.229. The summed E-state index contributed by atoms with van der Waals surface area (Å²) in [5.41, 5.74) is 0.470. The Labute approximate surface area is 118 Å². The van der Waals surface area contributed by atoms with E-state index >= 15 is 0 Å². The fourth-order valence-corrected chi connectivity index (χ4v) is 1.60. The van der Waals surface area contributed by atoms with Gasteiger partial charge in [-0.25, -0.2) is 0 Å². The molecule has 3 nitrogen and oxygen atoms in total. The highest BCUT2D eigenvalue weighted by Crippen LogP contribution is 2.21. The van der Waals surface area contributed by atoms with Gasteiger partial charge in [-0.1, -0.05) is 43.3 Å². The minimum Gasteiger partial charge on any atom is -0.425 e. The van der Waals surface area contributed by atoms with Gasteiger partial charge in [0, 0.05) is 0 Å². The van der Waals surface area contributed by atoms with Crippen LogP contribution in [0.25, 0.3) is 0 Å². The van der Waals surface area contributed by atoms with Crippen molar-refractivity contribution in [2.24, 2.45) is 0 Å². The van der Waals surface area contributed by atoms with Gasteiger partial charge in [-0.05, 0) is 30.7 Å². The van der Waals surface area contributed by atoms with Crippen LogP contribution < -0.4 is 9.47 Å². The third-order valence-electron chi connectivity index (χ3n) is 2.64. The van der Waals surface area contributed by atoms with Crippen molar-refractivity contribution in [2.45, 2.75) is 13.3 Å². The standard InChI is InChI=1S/C17H15NO2/c1-2-14(13-18)17(19-15-9-5-3-6-10-15)20-16-11-7-4-8-12-16/h3-12H,2H2,1H3. The molecule has 0 atom stereocenters. The van der Waals surface area contributed by atoms with Crippen molar-refractivity contribution in [1.82, 2.24) is 0 Å². The first-order chi connectivity index (χ1) is 9.83. The normalized spacial score (nSPS) is 9.40. The van der Waals surface area contributed by atoms with Crippen molar-refractivity contribution < 1.29 is 9.47 Å². The number of allylic oxidation sites excluding steroid dienone is 1. The first kappa shape index (κ1) is 13.7. The molecule has 100 valence electrons. The van der Waals surface area contributed by atoms with Crippen LogP contribution in [0.4, 0.5) is 0 Å². The third-order valence-corrected chi connectivity index (χ3v) is 2.64. The lowest BCUT2D eigenvalue weighted by molar-refractivity contribution is 0.221. The maximum absolute atomic E-state index is 9.18. The highest BCUT2D eigenvalue weighted by molar-refractivity contribution is 5.31. The van der Waals surface area contributed by atoms with Gasteiger partial charge in [0.2, 0.25) is 0 Å². The number of benzene rings is 2. The molecule has 0 heterocycles. The molecule has 0 unspecified atom stereocenters. The molecule has 0 aliphatic carbocycles. The highest BCUT2D eigenvalue weighted by Gasteiger charge is 2.11. The molecular formula is C17H15NO2. The Kier molecular flexibility index (Phi) is 4.80. The van der Waals surface area contributed by atoms with E-state index in [1.807, 2.05) is 67.6 Å². The Balaban J connectivity index is 2.27. The molecule has 0 aliphatic heterocycles. The van der Waals surface area contributed by atoms with E-state index in [0.717, 1.165) is 0 Å². The average molecular weight is 265 g/mol. The largest absolute Gasteiger partial charge is 0.425 e. The van der Waals surface area contributed by atoms with Gasteiger partial charge in [0.25, 0.3) is 0 Å². The molecule has 3 heteroatoms. The summed E-state index contributed by atoms with van der Waals surface area (Å²) in [5.74, 6) is 1.51. The maximum Gasteiger partial charge on any atom is 0.304 e. The Morgan fingerprint density at radius 3 is 1.70 bits per heavy atom. The molecule has 0 saturated heterocycles. The van der Waals surface area contributed by atoms with E-state index in [4.69, 9.17) is 9.47 Å². The van der Waals surface area contributed by atoms with Gasteiger partial charge in [0.15, 0.2) is 0 Å². The lowest BCUT2D eigenvalue weighted by Gasteiger charge is -2.12. The number of para-hydroxylation sites is 2. The van der Waals surface area contributed by atoms with Crippen LogP contribution in [0.2, 0.25) is 0 Å². The summed E-state index contributed by atoms with van der Waals surface area (Å²) < 4.78 is 11.4. The van der Waals surface area contributed by atoms with Crippen molar-refractivity contribution in [3.8, 4) is 17.6 Å². The van der Waals surface area contributed by atoms with Crippen LogP contribution in [-0.2, 0) is 0 Å². The van der Waals surface area contributed by atoms with E-state index in [9.17, 15) is 5.26 Å². The summed E-state index contributed by atoms with van der Waals surface area (Å²) in [5, 5.41) is 9.18. The second kappa shape index (κ2) is 7.01. The summed E-state index contributed by atoms with van der Waals surface area (Å²) in [6, 6.07) is 20.7. The van der Waals surface area contributed by atoms with Gasteiger partial charge in [0.05, 0.1) is 0 Å². The average Bonchev–Trinajstić information content (AvgIpc) is 2.50. The molecule has 0 N–H and O–H groups in total. The zero-order valence-corrected chi connectivity index (χ0v) is 11.2. The van der Waals surface area contributed by atoms with Gasteiger partial charge in [-0.15, -0.1) is 0 Å². The third kappa shape index (κ3) is 3.63. The molecule has 0 amide bonds. The first-order valence-corrected chi connectivity index (χ1v) is 6.42. The molecule has 0 aliphatic rings. The van der Waals surface area contributed by atoms with Crippen LogP contribution in [-0.4, -0.2) is 0 Å². The summed E-state index contributed by atoms with van der Waals surface area (Å²) >= 11 is 0. The van der Waals surface area contributed by atoms with Gasteiger partial charge < -0.3 is 9.47 Å². The van der Waals surface area contributed by atoms with E-state index < -0.39 is 0 Å². The number of hydrogen-bond acceptors (Lipinski definition) is 3. The zero-order valence-electron chi connectivity index (χ0n) is 11.2. The summed E-state index contributed by atoms with van der Waals surface area (Å²) in [7, 11) is 0. The van der Waals surface area contributed by atoms with E-state index in [1.165, 1.54) is 0 Å². The Morgan fingerprint density at radius 2 is 1.35 bits per heavy atom. The van der Waals surface area contributed by atoms with Gasteiger partial charge >= 0.3 is 5.95 Å². The molecule has 0 spiro atoms. The summed E-state index contributed by atoms with van der Waals surface area (Å²) in [6.45, 7) is 1.89. The Hall–Kier alpha value is -2.73. The summed E-state index contributed by atoms with van der Waals surface area (Å²) in [6.07, 6.45) is 0.547. The van der Waals surface area contributed by atoms with Crippen molar-refractivity contribution in [3.05, 3.63) is 72.2 Å². The molecule has 0 fully saturated rings. The summed E-state index contributed by atoms with van der Waals surface area (Å²) in [4.78, 5) is 0. The smallest absolute Gasteiger partial charge is 0.304 e. The van der Waals surface area contributed by atoms with Crippen molar-refractivity contribution in [3.63, 3.8) is 0 Å². The van der Waals surface area contributed by atoms with Gasteiger partial charge in [-0.3, -0.25) is 0 Å². The van der Waals surface area contributed by atoms with E-state index in [0.29, 0.717) is 23.5 Å². The topological polar surface area (TPSA) is 42.2 Å². The van der Waals surface area contributed by atoms with E-state index in [-0.39, 0.29) is 5.95 Å². The van der Waals surface area contributed by atoms with Crippen LogP contribution in [0.15, 0.2) is 72.2 Å². The minimum absolute atomic E-state index is 0.229. The molecule has 2 aromatic rings. The van der Waals surface area contributed by atoms with E-state index in [1.54, 1.807) is 0 Å². The van der Waals surface area contributed by atoms with Gasteiger partial charge in [0.1, 0.15) is 23.1 Å². The number of nitriles is 1. The Morgan fingerprint density at radius 1 is 0.900 bits per heavy atom. The SMILES string of the molecule is CCC(C#N)=C(Oc1ccccc1)Oc1ccccc1. The van der Waals surface area contributed by atoms with Crippen LogP contribution in [0.5, 0.6) is 11.5 Å². The van der Waals surface area contributed by atoms with Crippen molar-refractivity contribution >= 4 is 0 Å². The van der Waals surface area contributed by atoms with Crippen LogP contribution >= 0.6 is 0 Å². The van der Waals surface area contributed by atoms with Crippen LogP contribution in [0, 0.1) is 11.3 Å². The molecule has 20 heavy (non-hydrogen) atoms. The molecule has 0 saturated carbocycles. The molecule has 0 bridgehead atoms. The monoisotopic (exact) mass is 265 g/mol. The first-order valence-electron chi connectivity index (χ1n) is 6.42. The molecule has 2 aromatic carbocycles. The fraction of sp³-hybridized carbons (Fsp3) is 0.118. The fourth-order valence-electron chi connectivity index (χ4n) is 1.60. The number of rotatable bonds is 5. The predicted molar refractivity (Wildman–Crippen MR) is 77.1 cm³/mol. The van der Waals surface area contributed by atoms with Crippen molar-refractivity contribution in [2.75, 3.05) is 0 Å². The van der Waals surface area contributed by atoms with Crippen LogP contribution in [0.1, 0.15) is 13.3 Å².